The van der Waals surface area contributed by atoms with Crippen molar-refractivity contribution in [3.63, 3.8) is 0 Å². The Hall–Kier alpha value is -3.92. The highest BCUT2D eigenvalue weighted by Gasteiger charge is 2.37. The van der Waals surface area contributed by atoms with Gasteiger partial charge >= 0.3 is 11.9 Å². The number of rotatable bonds is 9. The molecule has 0 spiro atoms. The van der Waals surface area contributed by atoms with Crippen molar-refractivity contribution >= 4 is 46.9 Å². The summed E-state index contributed by atoms with van der Waals surface area (Å²) >= 11 is 6.00. The number of esters is 2. The van der Waals surface area contributed by atoms with Crippen LogP contribution in [0.3, 0.4) is 0 Å². The normalized spacial score (nSPS) is 14.9. The third-order valence-corrected chi connectivity index (χ3v) is 5.44. The number of hydrogen-bond donors (Lipinski definition) is 2. The number of hydrogen-bond acceptors (Lipinski definition) is 7. The monoisotopic (exact) mass is 515 g/mol. The smallest absolute Gasteiger partial charge is 0.338 e. The molecule has 1 heterocycles. The summed E-state index contributed by atoms with van der Waals surface area (Å²) in [7, 11) is 0. The number of benzene rings is 2. The number of carbonyl (C=O) groups is 5. The SMILES string of the molecule is CC(C)COC(=O)c1ccc(NC(=O)COC(=O)[C@@H]2CC(=O)N(NC(=O)c3ccccc3Cl)C2)cc1. The van der Waals surface area contributed by atoms with Crippen LogP contribution in [0.2, 0.25) is 5.02 Å². The van der Waals surface area contributed by atoms with Crippen LogP contribution in [0.1, 0.15) is 41.0 Å². The molecule has 0 aliphatic carbocycles. The number of hydrazine groups is 1. The summed E-state index contributed by atoms with van der Waals surface area (Å²) in [4.78, 5) is 61.1. The predicted molar refractivity (Wildman–Crippen MR) is 130 cm³/mol. The van der Waals surface area contributed by atoms with Gasteiger partial charge < -0.3 is 14.8 Å². The van der Waals surface area contributed by atoms with E-state index >= 15 is 0 Å². The second-order valence-corrected chi connectivity index (χ2v) is 8.96. The molecule has 0 bridgehead atoms. The third-order valence-electron chi connectivity index (χ3n) is 5.11. The molecular weight excluding hydrogens is 490 g/mol. The second kappa shape index (κ2) is 12.2. The van der Waals surface area contributed by atoms with Crippen molar-refractivity contribution in [1.29, 1.82) is 0 Å². The molecule has 1 fully saturated rings. The number of halogens is 1. The van der Waals surface area contributed by atoms with E-state index in [2.05, 4.69) is 10.7 Å². The fraction of sp³-hybridized carbons (Fsp3) is 0.320. The molecule has 1 atom stereocenters. The Morgan fingerprint density at radius 3 is 2.42 bits per heavy atom. The highest BCUT2D eigenvalue weighted by molar-refractivity contribution is 6.33. The first kappa shape index (κ1) is 26.7. The molecule has 190 valence electrons. The lowest BCUT2D eigenvalue weighted by molar-refractivity contribution is -0.151. The zero-order chi connectivity index (χ0) is 26.2. The third kappa shape index (κ3) is 7.29. The Morgan fingerprint density at radius 2 is 1.75 bits per heavy atom. The van der Waals surface area contributed by atoms with E-state index in [1.807, 2.05) is 13.8 Å². The average Bonchev–Trinajstić information content (AvgIpc) is 3.21. The van der Waals surface area contributed by atoms with Gasteiger partial charge in [0, 0.05) is 12.1 Å². The van der Waals surface area contributed by atoms with Gasteiger partial charge in [0.05, 0.1) is 35.2 Å². The van der Waals surface area contributed by atoms with Crippen LogP contribution in [0.4, 0.5) is 5.69 Å². The molecule has 2 aromatic carbocycles. The van der Waals surface area contributed by atoms with Crippen LogP contribution in [-0.4, -0.2) is 54.4 Å². The maximum absolute atomic E-state index is 12.4. The van der Waals surface area contributed by atoms with Crippen LogP contribution < -0.4 is 10.7 Å². The molecule has 0 saturated carbocycles. The lowest BCUT2D eigenvalue weighted by Gasteiger charge is -2.18. The molecule has 2 N–H and O–H groups in total. The Bertz CT molecular complexity index is 1150. The first-order valence-corrected chi connectivity index (χ1v) is 11.6. The minimum absolute atomic E-state index is 0.0934. The van der Waals surface area contributed by atoms with Crippen molar-refractivity contribution in [3.8, 4) is 0 Å². The summed E-state index contributed by atoms with van der Waals surface area (Å²) in [5.41, 5.74) is 3.37. The molecule has 0 unspecified atom stereocenters. The maximum Gasteiger partial charge on any atom is 0.338 e. The number of anilines is 1. The van der Waals surface area contributed by atoms with E-state index in [4.69, 9.17) is 21.1 Å². The van der Waals surface area contributed by atoms with E-state index in [1.54, 1.807) is 18.2 Å². The number of nitrogens with zero attached hydrogens (tertiary/aromatic N) is 1. The van der Waals surface area contributed by atoms with Crippen LogP contribution >= 0.6 is 11.6 Å². The van der Waals surface area contributed by atoms with Crippen LogP contribution in [0.15, 0.2) is 48.5 Å². The summed E-state index contributed by atoms with van der Waals surface area (Å²) < 4.78 is 10.2. The standard InChI is InChI=1S/C25H26ClN3O7/c1-15(2)13-35-24(33)16-7-9-18(10-8-16)27-21(30)14-36-25(34)17-11-22(31)29(12-17)28-23(32)19-5-3-4-6-20(19)26/h3-10,15,17H,11-14H2,1-2H3,(H,27,30)(H,28,32)/t17-/m1/s1. The maximum atomic E-state index is 12.4. The van der Waals surface area contributed by atoms with Crippen molar-refractivity contribution in [3.05, 3.63) is 64.7 Å². The molecule has 0 aromatic heterocycles. The molecule has 3 rings (SSSR count). The number of amides is 3. The first-order chi connectivity index (χ1) is 17.1. The first-order valence-electron chi connectivity index (χ1n) is 11.2. The van der Waals surface area contributed by atoms with Crippen molar-refractivity contribution in [2.75, 3.05) is 25.1 Å². The highest BCUT2D eigenvalue weighted by atomic mass is 35.5. The minimum atomic E-state index is -0.840. The number of ether oxygens (including phenoxy) is 2. The molecule has 10 nitrogen and oxygen atoms in total. The van der Waals surface area contributed by atoms with Crippen molar-refractivity contribution in [2.24, 2.45) is 11.8 Å². The van der Waals surface area contributed by atoms with Gasteiger partial charge in [0.15, 0.2) is 6.61 Å². The predicted octanol–water partition coefficient (Wildman–Crippen LogP) is 2.83. The second-order valence-electron chi connectivity index (χ2n) is 8.55. The molecule has 11 heteroatoms. The van der Waals surface area contributed by atoms with Gasteiger partial charge in [-0.2, -0.15) is 0 Å². The van der Waals surface area contributed by atoms with Crippen molar-refractivity contribution in [1.82, 2.24) is 10.4 Å². The van der Waals surface area contributed by atoms with Crippen LogP contribution in [-0.2, 0) is 23.9 Å². The van der Waals surface area contributed by atoms with E-state index in [0.29, 0.717) is 17.9 Å². The van der Waals surface area contributed by atoms with E-state index in [-0.39, 0.29) is 29.5 Å². The summed E-state index contributed by atoms with van der Waals surface area (Å²) in [6.45, 7) is 3.51. The summed E-state index contributed by atoms with van der Waals surface area (Å²) in [5, 5.41) is 3.82. The van der Waals surface area contributed by atoms with Crippen molar-refractivity contribution < 1.29 is 33.4 Å². The zero-order valence-corrected chi connectivity index (χ0v) is 20.5. The fourth-order valence-electron chi connectivity index (χ4n) is 3.27. The van der Waals surface area contributed by atoms with Gasteiger partial charge in [-0.15, -0.1) is 0 Å². The van der Waals surface area contributed by atoms with E-state index in [9.17, 15) is 24.0 Å². The van der Waals surface area contributed by atoms with E-state index < -0.39 is 42.2 Å². The van der Waals surface area contributed by atoms with Crippen LogP contribution in [0.5, 0.6) is 0 Å². The van der Waals surface area contributed by atoms with E-state index in [1.165, 1.54) is 30.3 Å². The fourth-order valence-corrected chi connectivity index (χ4v) is 3.49. The Kier molecular flexibility index (Phi) is 9.02. The molecule has 0 radical (unpaired) electrons. The molecule has 1 aliphatic heterocycles. The van der Waals surface area contributed by atoms with Gasteiger partial charge in [0.1, 0.15) is 0 Å². The topological polar surface area (TPSA) is 131 Å². The van der Waals surface area contributed by atoms with Gasteiger partial charge in [0.25, 0.3) is 11.8 Å². The van der Waals surface area contributed by atoms with Gasteiger partial charge in [-0.1, -0.05) is 37.6 Å². The molecule has 2 aromatic rings. The van der Waals surface area contributed by atoms with Gasteiger partial charge in [0.2, 0.25) is 5.91 Å². The average molecular weight is 516 g/mol. The lowest BCUT2D eigenvalue weighted by atomic mass is 10.1. The molecule has 1 saturated heterocycles. The van der Waals surface area contributed by atoms with Gasteiger partial charge in [-0.3, -0.25) is 29.6 Å². The Labute approximate surface area is 212 Å². The molecular formula is C25H26ClN3O7. The minimum Gasteiger partial charge on any atom is -0.462 e. The van der Waals surface area contributed by atoms with Gasteiger partial charge in [-0.05, 0) is 42.3 Å². The quantitative estimate of drug-likeness (QED) is 0.491. The molecule has 1 aliphatic rings. The Balaban J connectivity index is 1.44. The molecule has 3 amide bonds. The summed E-state index contributed by atoms with van der Waals surface area (Å²) in [5.74, 6) is -3.46. The molecule has 36 heavy (non-hydrogen) atoms. The number of nitrogens with one attached hydrogen (secondary N) is 2. The van der Waals surface area contributed by atoms with Crippen molar-refractivity contribution in [2.45, 2.75) is 20.3 Å². The van der Waals surface area contributed by atoms with E-state index in [0.717, 1.165) is 5.01 Å². The summed E-state index contributed by atoms with van der Waals surface area (Å²) in [6.07, 6.45) is -0.169. The van der Waals surface area contributed by atoms with Crippen LogP contribution in [0, 0.1) is 11.8 Å². The number of carbonyl (C=O) groups excluding carboxylic acids is 5. The van der Waals surface area contributed by atoms with Crippen LogP contribution in [0.25, 0.3) is 0 Å². The lowest BCUT2D eigenvalue weighted by Crippen LogP contribution is -2.43. The largest absolute Gasteiger partial charge is 0.462 e. The Morgan fingerprint density at radius 1 is 1.06 bits per heavy atom. The highest BCUT2D eigenvalue weighted by Crippen LogP contribution is 2.20. The zero-order valence-electron chi connectivity index (χ0n) is 19.8. The summed E-state index contributed by atoms with van der Waals surface area (Å²) in [6, 6.07) is 12.4. The van der Waals surface area contributed by atoms with Gasteiger partial charge in [-0.25, -0.2) is 4.79 Å².